The second kappa shape index (κ2) is 6.70. The Balaban J connectivity index is 0.00000256. The van der Waals surface area contributed by atoms with E-state index in [0.717, 1.165) is 10.0 Å². The summed E-state index contributed by atoms with van der Waals surface area (Å²) in [4.78, 5) is 0.258. The maximum absolute atomic E-state index is 11.9. The SMILES string of the molecule is Cc1cc(S(=O)(=O)N[C@H](C)CN)ccc1Br.Cl. The Kier molecular flexibility index (Phi) is 6.65. The standard InChI is InChI=1S/C10H15BrN2O2S.ClH/c1-7-5-9(3-4-10(7)11)16(14,15)13-8(2)6-12;/h3-5,8,13H,6,12H2,1-2H3;1H/t8-;/m1./s1. The maximum Gasteiger partial charge on any atom is 0.240 e. The van der Waals surface area contributed by atoms with Crippen molar-refractivity contribution in [2.24, 2.45) is 5.73 Å². The fraction of sp³-hybridized carbons (Fsp3) is 0.400. The minimum Gasteiger partial charge on any atom is -0.329 e. The Morgan fingerprint density at radius 1 is 1.47 bits per heavy atom. The van der Waals surface area contributed by atoms with Gasteiger partial charge >= 0.3 is 0 Å². The first kappa shape index (κ1) is 16.9. The van der Waals surface area contributed by atoms with Crippen LogP contribution < -0.4 is 10.5 Å². The molecule has 0 aliphatic rings. The first-order valence-corrected chi connectivity index (χ1v) is 7.13. The molecule has 0 bridgehead atoms. The third-order valence-corrected chi connectivity index (χ3v) is 4.63. The fourth-order valence-corrected chi connectivity index (χ4v) is 2.75. The molecule has 1 aromatic carbocycles. The van der Waals surface area contributed by atoms with Gasteiger partial charge in [-0.1, -0.05) is 15.9 Å². The van der Waals surface area contributed by atoms with E-state index in [2.05, 4.69) is 20.7 Å². The molecule has 7 heteroatoms. The Bertz CT molecular complexity index is 479. The van der Waals surface area contributed by atoms with Crippen LogP contribution in [0.25, 0.3) is 0 Å². The quantitative estimate of drug-likeness (QED) is 0.875. The van der Waals surface area contributed by atoms with Gasteiger partial charge in [0.15, 0.2) is 0 Å². The second-order valence-corrected chi connectivity index (χ2v) is 6.24. The summed E-state index contributed by atoms with van der Waals surface area (Å²) in [7, 11) is -3.46. The average molecular weight is 344 g/mol. The number of nitrogens with two attached hydrogens (primary N) is 1. The fourth-order valence-electron chi connectivity index (χ4n) is 1.17. The van der Waals surface area contributed by atoms with Crippen molar-refractivity contribution in [1.29, 1.82) is 0 Å². The van der Waals surface area contributed by atoms with Crippen molar-refractivity contribution in [3.8, 4) is 0 Å². The van der Waals surface area contributed by atoms with Crippen LogP contribution in [0, 0.1) is 6.92 Å². The topological polar surface area (TPSA) is 72.2 Å². The Morgan fingerprint density at radius 2 is 2.06 bits per heavy atom. The molecule has 0 heterocycles. The van der Waals surface area contributed by atoms with E-state index in [1.54, 1.807) is 25.1 Å². The lowest BCUT2D eigenvalue weighted by atomic mass is 10.2. The van der Waals surface area contributed by atoms with Gasteiger partial charge in [0, 0.05) is 17.1 Å². The molecular weight excluding hydrogens is 328 g/mol. The molecule has 1 rings (SSSR count). The first-order valence-electron chi connectivity index (χ1n) is 4.85. The lowest BCUT2D eigenvalue weighted by molar-refractivity contribution is 0.562. The molecule has 98 valence electrons. The molecule has 3 N–H and O–H groups in total. The molecule has 0 radical (unpaired) electrons. The van der Waals surface area contributed by atoms with Crippen LogP contribution in [0.2, 0.25) is 0 Å². The molecule has 0 aromatic heterocycles. The average Bonchev–Trinajstić information content (AvgIpc) is 2.21. The molecular formula is C10H16BrClN2O2S. The van der Waals surface area contributed by atoms with Crippen molar-refractivity contribution in [3.05, 3.63) is 28.2 Å². The molecule has 1 aromatic rings. The predicted octanol–water partition coefficient (Wildman–Crippen LogP) is 1.80. The van der Waals surface area contributed by atoms with Gasteiger partial charge in [0.25, 0.3) is 0 Å². The summed E-state index contributed by atoms with van der Waals surface area (Å²) in [6.07, 6.45) is 0. The van der Waals surface area contributed by atoms with Crippen LogP contribution >= 0.6 is 28.3 Å². The van der Waals surface area contributed by atoms with E-state index in [0.29, 0.717) is 0 Å². The van der Waals surface area contributed by atoms with E-state index < -0.39 is 10.0 Å². The summed E-state index contributed by atoms with van der Waals surface area (Å²) in [5, 5.41) is 0. The Labute approximate surface area is 117 Å². The largest absolute Gasteiger partial charge is 0.329 e. The number of nitrogens with one attached hydrogen (secondary N) is 1. The molecule has 0 unspecified atom stereocenters. The highest BCUT2D eigenvalue weighted by Crippen LogP contribution is 2.19. The number of halogens is 2. The highest BCUT2D eigenvalue weighted by atomic mass is 79.9. The normalized spacial score (nSPS) is 12.9. The van der Waals surface area contributed by atoms with Crippen LogP contribution in [0.15, 0.2) is 27.6 Å². The molecule has 0 aliphatic heterocycles. The van der Waals surface area contributed by atoms with Crippen LogP contribution in [-0.4, -0.2) is 21.0 Å². The molecule has 1 atom stereocenters. The van der Waals surface area contributed by atoms with Crippen molar-refractivity contribution in [3.63, 3.8) is 0 Å². The van der Waals surface area contributed by atoms with Crippen molar-refractivity contribution in [2.45, 2.75) is 24.8 Å². The second-order valence-electron chi connectivity index (χ2n) is 3.67. The van der Waals surface area contributed by atoms with Gasteiger partial charge in [-0.05, 0) is 37.6 Å². The molecule has 4 nitrogen and oxygen atoms in total. The van der Waals surface area contributed by atoms with Crippen molar-refractivity contribution >= 4 is 38.4 Å². The molecule has 0 aliphatic carbocycles. The Morgan fingerprint density at radius 3 is 2.53 bits per heavy atom. The molecule has 0 spiro atoms. The van der Waals surface area contributed by atoms with Crippen LogP contribution in [0.5, 0.6) is 0 Å². The third kappa shape index (κ3) is 4.56. The van der Waals surface area contributed by atoms with Gasteiger partial charge in [-0.15, -0.1) is 12.4 Å². The van der Waals surface area contributed by atoms with Crippen molar-refractivity contribution < 1.29 is 8.42 Å². The van der Waals surface area contributed by atoms with E-state index in [1.165, 1.54) is 0 Å². The van der Waals surface area contributed by atoms with Gasteiger partial charge in [-0.2, -0.15) is 0 Å². The van der Waals surface area contributed by atoms with Crippen LogP contribution in [0.4, 0.5) is 0 Å². The van der Waals surface area contributed by atoms with E-state index in [4.69, 9.17) is 5.73 Å². The molecule has 0 amide bonds. The van der Waals surface area contributed by atoms with Gasteiger partial charge in [0.2, 0.25) is 10.0 Å². The van der Waals surface area contributed by atoms with Crippen molar-refractivity contribution in [1.82, 2.24) is 4.72 Å². The summed E-state index contributed by atoms with van der Waals surface area (Å²) >= 11 is 3.33. The minimum atomic E-state index is -3.46. The van der Waals surface area contributed by atoms with E-state index in [1.807, 2.05) is 6.92 Å². The number of sulfonamides is 1. The number of benzene rings is 1. The summed E-state index contributed by atoms with van der Waals surface area (Å²) in [6.45, 7) is 3.84. The lowest BCUT2D eigenvalue weighted by Gasteiger charge is -2.12. The van der Waals surface area contributed by atoms with Crippen LogP contribution in [-0.2, 0) is 10.0 Å². The van der Waals surface area contributed by atoms with Gasteiger partial charge in [-0.3, -0.25) is 0 Å². The van der Waals surface area contributed by atoms with Gasteiger partial charge in [0.05, 0.1) is 4.90 Å². The zero-order valence-electron chi connectivity index (χ0n) is 9.60. The van der Waals surface area contributed by atoms with Crippen molar-refractivity contribution in [2.75, 3.05) is 6.54 Å². The van der Waals surface area contributed by atoms with Gasteiger partial charge < -0.3 is 5.73 Å². The summed E-state index contributed by atoms with van der Waals surface area (Å²) in [5.74, 6) is 0. The maximum atomic E-state index is 11.9. The zero-order chi connectivity index (χ0) is 12.3. The van der Waals surface area contributed by atoms with E-state index >= 15 is 0 Å². The summed E-state index contributed by atoms with van der Waals surface area (Å²) < 4.78 is 27.2. The lowest BCUT2D eigenvalue weighted by Crippen LogP contribution is -2.37. The van der Waals surface area contributed by atoms with Gasteiger partial charge in [0.1, 0.15) is 0 Å². The molecule has 0 saturated carbocycles. The van der Waals surface area contributed by atoms with Crippen LogP contribution in [0.1, 0.15) is 12.5 Å². The first-order chi connectivity index (χ1) is 7.36. The molecule has 17 heavy (non-hydrogen) atoms. The number of rotatable bonds is 4. The smallest absolute Gasteiger partial charge is 0.240 e. The van der Waals surface area contributed by atoms with E-state index in [9.17, 15) is 8.42 Å². The predicted molar refractivity (Wildman–Crippen MR) is 75.0 cm³/mol. The number of aryl methyl sites for hydroxylation is 1. The van der Waals surface area contributed by atoms with Crippen LogP contribution in [0.3, 0.4) is 0 Å². The van der Waals surface area contributed by atoms with Gasteiger partial charge in [-0.25, -0.2) is 13.1 Å². The summed E-state index contributed by atoms with van der Waals surface area (Å²) in [5.41, 5.74) is 6.25. The molecule has 0 saturated heterocycles. The zero-order valence-corrected chi connectivity index (χ0v) is 12.8. The minimum absolute atomic E-state index is 0. The number of hydrogen-bond donors (Lipinski definition) is 2. The monoisotopic (exact) mass is 342 g/mol. The Hall–Kier alpha value is -0.140. The number of hydrogen-bond acceptors (Lipinski definition) is 3. The highest BCUT2D eigenvalue weighted by Gasteiger charge is 2.16. The van der Waals surface area contributed by atoms with E-state index in [-0.39, 0.29) is 29.9 Å². The third-order valence-electron chi connectivity index (χ3n) is 2.15. The summed E-state index contributed by atoms with van der Waals surface area (Å²) in [6, 6.07) is 4.63. The highest BCUT2D eigenvalue weighted by molar-refractivity contribution is 9.10. The molecule has 0 fully saturated rings.